The Morgan fingerprint density at radius 2 is 1.72 bits per heavy atom. The SMILES string of the molecule is CC(C)(C)c1ccc(C2=N/C(=C\c3cccc(OCc4ccc(F)cc4)c3)C(=O)O2)cc1. The normalized spacial score (nSPS) is 14.9. The highest BCUT2D eigenvalue weighted by Gasteiger charge is 2.24. The smallest absolute Gasteiger partial charge is 0.363 e. The average Bonchev–Trinajstić information content (AvgIpc) is 3.13. The Morgan fingerprint density at radius 1 is 1.00 bits per heavy atom. The van der Waals surface area contributed by atoms with Crippen LogP contribution < -0.4 is 4.74 Å². The lowest BCUT2D eigenvalue weighted by atomic mass is 9.87. The number of aliphatic imine (C=N–C) groups is 1. The van der Waals surface area contributed by atoms with Gasteiger partial charge in [0.05, 0.1) is 0 Å². The second kappa shape index (κ2) is 8.79. The minimum absolute atomic E-state index is 0.0432. The van der Waals surface area contributed by atoms with Gasteiger partial charge in [-0.25, -0.2) is 14.2 Å². The molecule has 3 aromatic carbocycles. The number of rotatable bonds is 5. The van der Waals surface area contributed by atoms with Crippen LogP contribution in [0, 0.1) is 5.82 Å². The monoisotopic (exact) mass is 429 g/mol. The van der Waals surface area contributed by atoms with Gasteiger partial charge in [-0.05, 0) is 64.6 Å². The molecule has 0 saturated carbocycles. The first-order valence-electron chi connectivity index (χ1n) is 10.4. The lowest BCUT2D eigenvalue weighted by Crippen LogP contribution is -2.11. The van der Waals surface area contributed by atoms with Gasteiger partial charge < -0.3 is 9.47 Å². The van der Waals surface area contributed by atoms with E-state index in [2.05, 4.69) is 25.8 Å². The molecule has 1 heterocycles. The molecule has 0 atom stereocenters. The highest BCUT2D eigenvalue weighted by molar-refractivity contribution is 6.12. The molecule has 4 rings (SSSR count). The molecule has 3 aromatic rings. The van der Waals surface area contributed by atoms with Gasteiger partial charge in [-0.1, -0.05) is 57.2 Å². The number of hydrogen-bond donors (Lipinski definition) is 0. The molecule has 32 heavy (non-hydrogen) atoms. The van der Waals surface area contributed by atoms with Gasteiger partial charge in [0.2, 0.25) is 5.90 Å². The molecule has 0 saturated heterocycles. The van der Waals surface area contributed by atoms with Gasteiger partial charge >= 0.3 is 5.97 Å². The van der Waals surface area contributed by atoms with Crippen molar-refractivity contribution in [2.75, 3.05) is 0 Å². The predicted molar refractivity (Wildman–Crippen MR) is 123 cm³/mol. The first kappa shape index (κ1) is 21.5. The quantitative estimate of drug-likeness (QED) is 0.367. The van der Waals surface area contributed by atoms with E-state index in [0.717, 1.165) is 16.7 Å². The average molecular weight is 429 g/mol. The molecule has 4 nitrogen and oxygen atoms in total. The lowest BCUT2D eigenvalue weighted by molar-refractivity contribution is -0.129. The minimum atomic E-state index is -0.488. The van der Waals surface area contributed by atoms with Crippen LogP contribution >= 0.6 is 0 Å². The summed E-state index contributed by atoms with van der Waals surface area (Å²) in [4.78, 5) is 16.7. The van der Waals surface area contributed by atoms with Crippen LogP contribution in [0.2, 0.25) is 0 Å². The molecule has 1 aliphatic rings. The summed E-state index contributed by atoms with van der Waals surface area (Å²) in [5.74, 6) is 0.163. The third kappa shape index (κ3) is 5.11. The van der Waals surface area contributed by atoms with Crippen molar-refractivity contribution in [3.05, 3.63) is 107 Å². The second-order valence-corrected chi connectivity index (χ2v) is 8.65. The lowest BCUT2D eigenvalue weighted by Gasteiger charge is -2.18. The minimum Gasteiger partial charge on any atom is -0.489 e. The number of hydrogen-bond acceptors (Lipinski definition) is 4. The van der Waals surface area contributed by atoms with Crippen LogP contribution in [0.25, 0.3) is 6.08 Å². The third-order valence-electron chi connectivity index (χ3n) is 5.10. The maximum atomic E-state index is 13.0. The van der Waals surface area contributed by atoms with Crippen LogP contribution in [0.1, 0.15) is 43.0 Å². The first-order valence-corrected chi connectivity index (χ1v) is 10.4. The van der Waals surface area contributed by atoms with Crippen LogP contribution in [-0.4, -0.2) is 11.9 Å². The van der Waals surface area contributed by atoms with Gasteiger partial charge in [-0.3, -0.25) is 0 Å². The molecule has 0 N–H and O–H groups in total. The molecule has 0 spiro atoms. The van der Waals surface area contributed by atoms with E-state index in [1.54, 1.807) is 18.2 Å². The van der Waals surface area contributed by atoms with Crippen molar-refractivity contribution in [3.63, 3.8) is 0 Å². The predicted octanol–water partition coefficient (Wildman–Crippen LogP) is 6.05. The molecule has 1 aliphatic heterocycles. The molecule has 0 fully saturated rings. The van der Waals surface area contributed by atoms with Gasteiger partial charge in [-0.2, -0.15) is 0 Å². The Balaban J connectivity index is 1.49. The Kier molecular flexibility index (Phi) is 5.91. The van der Waals surface area contributed by atoms with Gasteiger partial charge in [0.15, 0.2) is 5.70 Å². The first-order chi connectivity index (χ1) is 15.3. The Labute approximate surface area is 187 Å². The van der Waals surface area contributed by atoms with Crippen molar-refractivity contribution in [2.24, 2.45) is 4.99 Å². The van der Waals surface area contributed by atoms with Crippen molar-refractivity contribution >= 4 is 17.9 Å². The molecule has 0 amide bonds. The van der Waals surface area contributed by atoms with Gasteiger partial charge in [0.1, 0.15) is 18.2 Å². The second-order valence-electron chi connectivity index (χ2n) is 8.65. The standard InChI is InChI=1S/C27H24FNO3/c1-27(2,3)21-11-9-20(10-12-21)25-29-24(26(30)32-25)16-19-5-4-6-23(15-19)31-17-18-7-13-22(28)14-8-18/h4-16H,17H2,1-3H3/b24-16-. The Bertz CT molecular complexity index is 1190. The zero-order chi connectivity index (χ0) is 22.7. The molecule has 5 heteroatoms. The number of cyclic esters (lactones) is 1. The molecular formula is C27H24FNO3. The fourth-order valence-corrected chi connectivity index (χ4v) is 3.24. The van der Waals surface area contributed by atoms with Crippen molar-refractivity contribution < 1.29 is 18.7 Å². The summed E-state index contributed by atoms with van der Waals surface area (Å²) in [6.07, 6.45) is 1.67. The van der Waals surface area contributed by atoms with Gasteiger partial charge in [0.25, 0.3) is 0 Å². The van der Waals surface area contributed by atoms with Crippen LogP contribution in [0.15, 0.2) is 83.5 Å². The van der Waals surface area contributed by atoms with Gasteiger partial charge in [-0.15, -0.1) is 0 Å². The zero-order valence-corrected chi connectivity index (χ0v) is 18.3. The van der Waals surface area contributed by atoms with E-state index in [1.807, 2.05) is 48.5 Å². The van der Waals surface area contributed by atoms with Crippen LogP contribution in [0.5, 0.6) is 5.75 Å². The van der Waals surface area contributed by atoms with Crippen molar-refractivity contribution in [1.29, 1.82) is 0 Å². The molecule has 0 bridgehead atoms. The number of carbonyl (C=O) groups excluding carboxylic acids is 1. The number of halogens is 1. The van der Waals surface area contributed by atoms with Gasteiger partial charge in [0, 0.05) is 5.56 Å². The van der Waals surface area contributed by atoms with E-state index < -0.39 is 5.97 Å². The largest absolute Gasteiger partial charge is 0.489 e. The summed E-state index contributed by atoms with van der Waals surface area (Å²) >= 11 is 0. The summed E-state index contributed by atoms with van der Waals surface area (Å²) in [5.41, 5.74) is 3.85. The third-order valence-corrected chi connectivity index (χ3v) is 5.10. The summed E-state index contributed by atoms with van der Waals surface area (Å²) in [5, 5.41) is 0. The Morgan fingerprint density at radius 3 is 2.41 bits per heavy atom. The highest BCUT2D eigenvalue weighted by Crippen LogP contribution is 2.25. The highest BCUT2D eigenvalue weighted by atomic mass is 19.1. The van der Waals surface area contributed by atoms with Crippen molar-refractivity contribution in [2.45, 2.75) is 32.8 Å². The van der Waals surface area contributed by atoms with Crippen LogP contribution in [0.4, 0.5) is 4.39 Å². The number of benzene rings is 3. The Hall–Kier alpha value is -3.73. The molecular weight excluding hydrogens is 405 g/mol. The fraction of sp³-hybridized carbons (Fsp3) is 0.185. The van der Waals surface area contributed by atoms with Crippen LogP contribution in [-0.2, 0) is 21.6 Å². The number of nitrogens with zero attached hydrogens (tertiary/aromatic N) is 1. The van der Waals surface area contributed by atoms with E-state index in [9.17, 15) is 9.18 Å². The molecule has 162 valence electrons. The molecule has 0 unspecified atom stereocenters. The van der Waals surface area contributed by atoms with E-state index in [4.69, 9.17) is 9.47 Å². The summed E-state index contributed by atoms with van der Waals surface area (Å²) in [6, 6.07) is 21.4. The summed E-state index contributed by atoms with van der Waals surface area (Å²) in [7, 11) is 0. The van der Waals surface area contributed by atoms with Crippen molar-refractivity contribution in [1.82, 2.24) is 0 Å². The number of ether oxygens (including phenoxy) is 2. The molecule has 0 radical (unpaired) electrons. The fourth-order valence-electron chi connectivity index (χ4n) is 3.24. The molecule has 0 aromatic heterocycles. The number of esters is 1. The van der Waals surface area contributed by atoms with E-state index in [-0.39, 0.29) is 16.9 Å². The van der Waals surface area contributed by atoms with E-state index in [0.29, 0.717) is 18.3 Å². The zero-order valence-electron chi connectivity index (χ0n) is 18.3. The molecule has 0 aliphatic carbocycles. The van der Waals surface area contributed by atoms with E-state index in [1.165, 1.54) is 17.7 Å². The number of carbonyl (C=O) groups is 1. The summed E-state index contributed by atoms with van der Waals surface area (Å²) < 4.78 is 24.2. The van der Waals surface area contributed by atoms with Crippen molar-refractivity contribution in [3.8, 4) is 5.75 Å². The summed E-state index contributed by atoms with van der Waals surface area (Å²) in [6.45, 7) is 6.75. The maximum Gasteiger partial charge on any atom is 0.363 e. The maximum absolute atomic E-state index is 13.0. The van der Waals surface area contributed by atoms with E-state index >= 15 is 0 Å². The van der Waals surface area contributed by atoms with Crippen LogP contribution in [0.3, 0.4) is 0 Å². The topological polar surface area (TPSA) is 47.9 Å².